The highest BCUT2D eigenvalue weighted by Gasteiger charge is 2.45. The normalized spacial score (nSPS) is 25.0. The Morgan fingerprint density at radius 3 is 2.62 bits per heavy atom. The predicted molar refractivity (Wildman–Crippen MR) is 94.1 cm³/mol. The van der Waals surface area contributed by atoms with Gasteiger partial charge in [0.05, 0.1) is 0 Å². The minimum atomic E-state index is -4.78. The molecule has 0 bridgehead atoms. The van der Waals surface area contributed by atoms with Crippen molar-refractivity contribution >= 4 is 11.6 Å². The Balaban J connectivity index is 2.17. The molecule has 0 aliphatic heterocycles. The van der Waals surface area contributed by atoms with Crippen molar-refractivity contribution in [1.29, 1.82) is 0 Å². The summed E-state index contributed by atoms with van der Waals surface area (Å²) in [6.07, 6.45) is -2.64. The summed E-state index contributed by atoms with van der Waals surface area (Å²) in [5.41, 5.74) is -0.474. The van der Waals surface area contributed by atoms with Crippen LogP contribution < -0.4 is 10.1 Å². The first-order valence-electron chi connectivity index (χ1n) is 8.37. The minimum Gasteiger partial charge on any atom is -0.406 e. The van der Waals surface area contributed by atoms with Crippen LogP contribution in [0.15, 0.2) is 24.3 Å². The molecule has 0 saturated heterocycles. The third kappa shape index (κ3) is 5.42. The SMILES string of the molecule is [CH2]C#CC1CC(C)(C)CC(C)(C(=O)Nc2cccc(OC(F)(F)F)c2)C1. The molecule has 1 aliphatic rings. The second-order valence-electron chi connectivity index (χ2n) is 7.86. The molecule has 1 radical (unpaired) electrons. The number of hydrogen-bond acceptors (Lipinski definition) is 2. The topological polar surface area (TPSA) is 38.3 Å². The smallest absolute Gasteiger partial charge is 0.406 e. The van der Waals surface area contributed by atoms with Crippen LogP contribution in [0, 0.1) is 35.5 Å². The van der Waals surface area contributed by atoms with Crippen molar-refractivity contribution in [2.24, 2.45) is 16.7 Å². The number of halogens is 3. The van der Waals surface area contributed by atoms with Crippen molar-refractivity contribution in [1.82, 2.24) is 0 Å². The molecule has 1 N–H and O–H groups in total. The van der Waals surface area contributed by atoms with E-state index in [0.29, 0.717) is 12.8 Å². The second-order valence-corrected chi connectivity index (χ2v) is 7.86. The van der Waals surface area contributed by atoms with Gasteiger partial charge in [-0.2, -0.15) is 0 Å². The summed E-state index contributed by atoms with van der Waals surface area (Å²) < 4.78 is 41.0. The number of rotatable bonds is 3. The van der Waals surface area contributed by atoms with Crippen molar-refractivity contribution < 1.29 is 22.7 Å². The number of carbonyl (C=O) groups excluding carboxylic acids is 1. The lowest BCUT2D eigenvalue weighted by Gasteiger charge is -2.44. The summed E-state index contributed by atoms with van der Waals surface area (Å²) in [6.45, 7) is 9.61. The number of carbonyl (C=O) groups is 1. The monoisotopic (exact) mass is 366 g/mol. The molecule has 141 valence electrons. The fraction of sp³-hybridized carbons (Fsp3) is 0.500. The molecule has 1 aliphatic carbocycles. The van der Waals surface area contributed by atoms with Crippen molar-refractivity contribution in [3.63, 3.8) is 0 Å². The van der Waals surface area contributed by atoms with E-state index in [1.54, 1.807) is 0 Å². The second kappa shape index (κ2) is 7.22. The van der Waals surface area contributed by atoms with Crippen LogP contribution in [0.3, 0.4) is 0 Å². The number of ether oxygens (including phenoxy) is 1. The average Bonchev–Trinajstić information content (AvgIpc) is 2.43. The van der Waals surface area contributed by atoms with Gasteiger partial charge < -0.3 is 10.1 Å². The van der Waals surface area contributed by atoms with Gasteiger partial charge in [0.2, 0.25) is 5.91 Å². The molecule has 2 rings (SSSR count). The lowest BCUT2D eigenvalue weighted by atomic mass is 9.60. The number of anilines is 1. The Morgan fingerprint density at radius 1 is 1.31 bits per heavy atom. The van der Waals surface area contributed by atoms with Gasteiger partial charge in [-0.15, -0.1) is 19.1 Å². The molecule has 0 heterocycles. The van der Waals surface area contributed by atoms with E-state index in [2.05, 4.69) is 42.7 Å². The Labute approximate surface area is 152 Å². The van der Waals surface area contributed by atoms with Gasteiger partial charge in [-0.25, -0.2) is 0 Å². The largest absolute Gasteiger partial charge is 0.573 e. The van der Waals surface area contributed by atoms with Crippen molar-refractivity contribution in [3.8, 4) is 17.6 Å². The third-order valence-corrected chi connectivity index (χ3v) is 4.54. The van der Waals surface area contributed by atoms with Gasteiger partial charge in [-0.3, -0.25) is 4.79 Å². The summed E-state index contributed by atoms with van der Waals surface area (Å²) in [5, 5.41) is 2.73. The van der Waals surface area contributed by atoms with Gasteiger partial charge in [0.15, 0.2) is 0 Å². The molecule has 2 unspecified atom stereocenters. The molecule has 1 aromatic rings. The van der Waals surface area contributed by atoms with E-state index in [0.717, 1.165) is 12.5 Å². The molecule has 6 heteroatoms. The van der Waals surface area contributed by atoms with E-state index in [-0.39, 0.29) is 28.7 Å². The number of alkyl halides is 3. The summed E-state index contributed by atoms with van der Waals surface area (Å²) in [6, 6.07) is 5.29. The molecule has 3 nitrogen and oxygen atoms in total. The van der Waals surface area contributed by atoms with Crippen LogP contribution in [0.25, 0.3) is 0 Å². The van der Waals surface area contributed by atoms with E-state index in [9.17, 15) is 18.0 Å². The summed E-state index contributed by atoms with van der Waals surface area (Å²) in [4.78, 5) is 12.9. The lowest BCUT2D eigenvalue weighted by Crippen LogP contribution is -2.43. The number of nitrogens with one attached hydrogen (secondary N) is 1. The van der Waals surface area contributed by atoms with Gasteiger partial charge in [-0.1, -0.05) is 32.8 Å². The minimum absolute atomic E-state index is 0.0619. The first kappa shape index (κ1) is 20.2. The standard InChI is InChI=1S/C20H23F3NO2/c1-5-7-14-11-18(2,3)13-19(4,12-14)17(25)24-15-8-6-9-16(10-15)26-20(21,22)23/h6,8-10,14H,1,11-13H2,2-4H3,(H,24,25). The van der Waals surface area contributed by atoms with Gasteiger partial charge in [0.1, 0.15) is 5.75 Å². The first-order chi connectivity index (χ1) is 11.9. The van der Waals surface area contributed by atoms with Gasteiger partial charge in [0.25, 0.3) is 0 Å². The molecular formula is C20H23F3NO2. The average molecular weight is 366 g/mol. The van der Waals surface area contributed by atoms with Gasteiger partial charge in [0, 0.05) is 30.0 Å². The molecule has 0 spiro atoms. The molecule has 26 heavy (non-hydrogen) atoms. The van der Waals surface area contributed by atoms with Gasteiger partial charge in [-0.05, 0) is 36.8 Å². The fourth-order valence-electron chi connectivity index (χ4n) is 3.96. The molecule has 1 amide bonds. The summed E-state index contributed by atoms with van der Waals surface area (Å²) in [7, 11) is 0. The highest BCUT2D eigenvalue weighted by atomic mass is 19.4. The molecule has 1 saturated carbocycles. The maximum atomic E-state index is 12.9. The van der Waals surface area contributed by atoms with E-state index in [4.69, 9.17) is 0 Å². The Bertz CT molecular complexity index is 731. The van der Waals surface area contributed by atoms with Crippen LogP contribution in [0.2, 0.25) is 0 Å². The van der Waals surface area contributed by atoms with Crippen LogP contribution in [0.4, 0.5) is 18.9 Å². The van der Waals surface area contributed by atoms with Crippen LogP contribution in [-0.4, -0.2) is 12.3 Å². The molecular weight excluding hydrogens is 343 g/mol. The zero-order chi connectivity index (χ0) is 19.6. The van der Waals surface area contributed by atoms with Gasteiger partial charge >= 0.3 is 6.36 Å². The first-order valence-corrected chi connectivity index (χ1v) is 8.37. The molecule has 0 aromatic heterocycles. The molecule has 2 atom stereocenters. The quantitative estimate of drug-likeness (QED) is 0.747. The third-order valence-electron chi connectivity index (χ3n) is 4.54. The zero-order valence-corrected chi connectivity index (χ0v) is 15.2. The number of benzene rings is 1. The fourth-order valence-corrected chi connectivity index (χ4v) is 3.96. The van der Waals surface area contributed by atoms with Crippen molar-refractivity contribution in [2.45, 2.75) is 46.4 Å². The van der Waals surface area contributed by atoms with Crippen molar-refractivity contribution in [2.75, 3.05) is 5.32 Å². The van der Waals surface area contributed by atoms with E-state index >= 15 is 0 Å². The van der Waals surface area contributed by atoms with E-state index in [1.807, 2.05) is 6.92 Å². The lowest BCUT2D eigenvalue weighted by molar-refractivity contribution is -0.274. The van der Waals surface area contributed by atoms with E-state index < -0.39 is 11.8 Å². The van der Waals surface area contributed by atoms with Crippen LogP contribution in [0.1, 0.15) is 40.0 Å². The highest BCUT2D eigenvalue weighted by molar-refractivity contribution is 5.95. The number of amides is 1. The maximum Gasteiger partial charge on any atom is 0.573 e. The molecule has 1 aromatic carbocycles. The summed E-state index contributed by atoms with van der Waals surface area (Å²) >= 11 is 0. The Hall–Kier alpha value is -2.16. The molecule has 1 fully saturated rings. The van der Waals surface area contributed by atoms with Crippen LogP contribution in [-0.2, 0) is 4.79 Å². The highest BCUT2D eigenvalue weighted by Crippen LogP contribution is 2.49. The van der Waals surface area contributed by atoms with E-state index in [1.165, 1.54) is 18.2 Å². The number of hydrogen-bond donors (Lipinski definition) is 1. The zero-order valence-electron chi connectivity index (χ0n) is 15.2. The van der Waals surface area contributed by atoms with Crippen molar-refractivity contribution in [3.05, 3.63) is 31.2 Å². The summed E-state index contributed by atoms with van der Waals surface area (Å²) in [5.74, 6) is 5.20. The predicted octanol–water partition coefficient (Wildman–Crippen LogP) is 5.19. The Morgan fingerprint density at radius 2 is 2.00 bits per heavy atom. The van der Waals surface area contributed by atoms with Crippen LogP contribution in [0.5, 0.6) is 5.75 Å². The maximum absolute atomic E-state index is 12.9. The van der Waals surface area contributed by atoms with Crippen LogP contribution >= 0.6 is 0 Å². The Kier molecular flexibility index (Phi) is 5.60.